The van der Waals surface area contributed by atoms with Crippen molar-refractivity contribution in [2.24, 2.45) is 0 Å². The van der Waals surface area contributed by atoms with Crippen LogP contribution in [0.4, 0.5) is 27.8 Å². The number of terminal acetylenes is 1. The van der Waals surface area contributed by atoms with Gasteiger partial charge in [0, 0.05) is 6.20 Å². The smallest absolute Gasteiger partial charge is 0.416 e. The number of hydrogen-bond acceptors (Lipinski definition) is 5. The molecule has 11 heteroatoms. The molecule has 2 heterocycles. The molecule has 0 unspecified atom stereocenters. The molecule has 0 atom stereocenters. The van der Waals surface area contributed by atoms with Crippen LogP contribution in [0, 0.1) is 19.3 Å². The monoisotopic (exact) mass is 424 g/mol. The van der Waals surface area contributed by atoms with E-state index in [9.17, 15) is 26.7 Å². The number of anilines is 1. The van der Waals surface area contributed by atoms with Gasteiger partial charge in [0.15, 0.2) is 0 Å². The zero-order valence-corrected chi connectivity index (χ0v) is 15.3. The number of aromatic nitrogens is 3. The molecule has 0 saturated heterocycles. The highest BCUT2D eigenvalue weighted by Crippen LogP contribution is 2.39. The maximum absolute atomic E-state index is 13.4. The average molecular weight is 424 g/mol. The van der Waals surface area contributed by atoms with E-state index in [1.165, 1.54) is 25.3 Å². The van der Waals surface area contributed by atoms with Gasteiger partial charge < -0.3 is 10.1 Å². The lowest BCUT2D eigenvalue weighted by molar-refractivity contribution is -0.137. The third kappa shape index (κ3) is 4.03. The van der Waals surface area contributed by atoms with E-state index in [0.717, 1.165) is 4.57 Å². The van der Waals surface area contributed by atoms with Crippen molar-refractivity contribution in [1.29, 1.82) is 0 Å². The van der Waals surface area contributed by atoms with Crippen molar-refractivity contribution in [3.8, 4) is 23.8 Å². The summed E-state index contributed by atoms with van der Waals surface area (Å²) in [6.45, 7) is -2.05. The number of benzene rings is 1. The van der Waals surface area contributed by atoms with E-state index >= 15 is 0 Å². The lowest BCUT2D eigenvalue weighted by atomic mass is 10.1. The molecule has 0 spiro atoms. The molecule has 2 aromatic heterocycles. The predicted octanol–water partition coefficient (Wildman–Crippen LogP) is 3.75. The highest BCUT2D eigenvalue weighted by molar-refractivity contribution is 5.96. The van der Waals surface area contributed by atoms with Crippen LogP contribution in [-0.4, -0.2) is 27.7 Å². The van der Waals surface area contributed by atoms with Gasteiger partial charge in [-0.3, -0.25) is 9.55 Å². The summed E-state index contributed by atoms with van der Waals surface area (Å²) in [5, 5.41) is 2.30. The Morgan fingerprint density at radius 3 is 2.67 bits per heavy atom. The first-order valence-corrected chi connectivity index (χ1v) is 8.35. The molecule has 0 bridgehead atoms. The highest BCUT2D eigenvalue weighted by Gasteiger charge is 2.33. The SMILES string of the molecule is C#CCNc1nc(=O)n(-c2cccnc2C)c2cc(C(F)(F)F)cc(OC(F)F)c12. The summed E-state index contributed by atoms with van der Waals surface area (Å²) in [4.78, 5) is 20.5. The van der Waals surface area contributed by atoms with Crippen molar-refractivity contribution in [1.82, 2.24) is 14.5 Å². The largest absolute Gasteiger partial charge is 0.434 e. The minimum Gasteiger partial charge on any atom is -0.434 e. The number of alkyl halides is 5. The van der Waals surface area contributed by atoms with Crippen LogP contribution in [0.15, 0.2) is 35.3 Å². The Hall–Kier alpha value is -3.68. The van der Waals surface area contributed by atoms with Crippen molar-refractivity contribution in [3.63, 3.8) is 0 Å². The first-order chi connectivity index (χ1) is 14.1. The molecule has 0 aliphatic rings. The lowest BCUT2D eigenvalue weighted by Crippen LogP contribution is -2.25. The molecular formula is C19H13F5N4O2. The van der Waals surface area contributed by atoms with Crippen molar-refractivity contribution in [3.05, 3.63) is 52.2 Å². The molecule has 3 rings (SSSR count). The van der Waals surface area contributed by atoms with E-state index in [1.54, 1.807) is 0 Å². The first-order valence-electron chi connectivity index (χ1n) is 8.35. The molecule has 0 radical (unpaired) electrons. The lowest BCUT2D eigenvalue weighted by Gasteiger charge is -2.19. The van der Waals surface area contributed by atoms with E-state index in [0.29, 0.717) is 17.8 Å². The van der Waals surface area contributed by atoms with Crippen molar-refractivity contribution < 1.29 is 26.7 Å². The molecule has 0 amide bonds. The zero-order valence-electron chi connectivity index (χ0n) is 15.3. The molecule has 1 N–H and O–H groups in total. The van der Waals surface area contributed by atoms with Gasteiger partial charge in [0.25, 0.3) is 0 Å². The van der Waals surface area contributed by atoms with Gasteiger partial charge in [0.1, 0.15) is 11.6 Å². The van der Waals surface area contributed by atoms with Crippen molar-refractivity contribution >= 4 is 16.7 Å². The Kier molecular flexibility index (Phi) is 5.60. The number of nitrogens with one attached hydrogen (secondary N) is 1. The molecule has 0 fully saturated rings. The summed E-state index contributed by atoms with van der Waals surface area (Å²) in [6, 6.07) is 3.98. The molecule has 6 nitrogen and oxygen atoms in total. The fourth-order valence-corrected chi connectivity index (χ4v) is 2.88. The number of nitrogens with zero attached hydrogens (tertiary/aromatic N) is 3. The third-order valence-electron chi connectivity index (χ3n) is 4.08. The fourth-order valence-electron chi connectivity index (χ4n) is 2.88. The summed E-state index contributed by atoms with van der Waals surface area (Å²) in [5.74, 6) is 1.12. The third-order valence-corrected chi connectivity index (χ3v) is 4.08. The van der Waals surface area contributed by atoms with Gasteiger partial charge in [-0.15, -0.1) is 6.42 Å². The predicted molar refractivity (Wildman–Crippen MR) is 98.8 cm³/mol. The van der Waals surface area contributed by atoms with Crippen LogP contribution in [0.2, 0.25) is 0 Å². The molecular weight excluding hydrogens is 411 g/mol. The molecule has 0 saturated carbocycles. The number of hydrogen-bond donors (Lipinski definition) is 1. The topological polar surface area (TPSA) is 69.0 Å². The molecule has 30 heavy (non-hydrogen) atoms. The Morgan fingerprint density at radius 1 is 1.33 bits per heavy atom. The number of fused-ring (bicyclic) bond motifs is 1. The Labute approximate surface area is 166 Å². The zero-order chi connectivity index (χ0) is 22.1. The van der Waals surface area contributed by atoms with E-state index in [4.69, 9.17) is 6.42 Å². The van der Waals surface area contributed by atoms with Crippen LogP contribution in [-0.2, 0) is 6.18 Å². The molecule has 156 valence electrons. The van der Waals surface area contributed by atoms with E-state index in [-0.39, 0.29) is 29.0 Å². The molecule has 3 aromatic rings. The second kappa shape index (κ2) is 7.98. The van der Waals surface area contributed by atoms with E-state index < -0.39 is 29.8 Å². The van der Waals surface area contributed by atoms with Crippen LogP contribution >= 0.6 is 0 Å². The summed E-state index contributed by atoms with van der Waals surface area (Å²) in [7, 11) is 0. The normalized spacial score (nSPS) is 11.5. The van der Waals surface area contributed by atoms with Gasteiger partial charge in [-0.2, -0.15) is 26.9 Å². The first kappa shape index (κ1) is 21.0. The number of ether oxygens (including phenoxy) is 1. The number of halogens is 5. The average Bonchev–Trinajstić information content (AvgIpc) is 2.65. The summed E-state index contributed by atoms with van der Waals surface area (Å²) >= 11 is 0. The van der Waals surface area contributed by atoms with Crippen molar-refractivity contribution in [2.45, 2.75) is 19.7 Å². The Morgan fingerprint density at radius 2 is 2.07 bits per heavy atom. The van der Waals surface area contributed by atoms with E-state index in [1.807, 2.05) is 0 Å². The summed E-state index contributed by atoms with van der Waals surface area (Å²) in [6.07, 6.45) is 1.70. The van der Waals surface area contributed by atoms with Crippen LogP contribution in [0.1, 0.15) is 11.3 Å². The van der Waals surface area contributed by atoms with Gasteiger partial charge in [0.05, 0.1) is 34.4 Å². The maximum atomic E-state index is 13.4. The van der Waals surface area contributed by atoms with Gasteiger partial charge in [-0.05, 0) is 31.2 Å². The number of pyridine rings is 1. The van der Waals surface area contributed by atoms with Crippen LogP contribution < -0.4 is 15.7 Å². The second-order valence-corrected chi connectivity index (χ2v) is 5.99. The van der Waals surface area contributed by atoms with Gasteiger partial charge in [-0.1, -0.05) is 5.92 Å². The molecule has 1 aromatic carbocycles. The minimum absolute atomic E-state index is 0.130. The van der Waals surface area contributed by atoms with Crippen LogP contribution in [0.5, 0.6) is 5.75 Å². The standard InChI is InChI=1S/C19H13F5N4O2/c1-3-6-26-16-15-13(8-11(19(22,23)24)9-14(15)30-17(20)21)28(18(29)27-16)12-5-4-7-25-10(12)2/h1,4-5,7-9,17H,6H2,2H3,(H,26,27,29). The van der Waals surface area contributed by atoms with Gasteiger partial charge in [-0.25, -0.2) is 4.79 Å². The fraction of sp³-hybridized carbons (Fsp3) is 0.211. The maximum Gasteiger partial charge on any atom is 0.416 e. The van der Waals surface area contributed by atoms with Crippen molar-refractivity contribution in [2.75, 3.05) is 11.9 Å². The van der Waals surface area contributed by atoms with Crippen LogP contribution in [0.3, 0.4) is 0 Å². The Balaban J connectivity index is 2.51. The molecule has 0 aliphatic carbocycles. The summed E-state index contributed by atoms with van der Waals surface area (Å²) < 4.78 is 71.5. The van der Waals surface area contributed by atoms with E-state index in [2.05, 4.69) is 25.9 Å². The molecule has 0 aliphatic heterocycles. The minimum atomic E-state index is -4.89. The quantitative estimate of drug-likeness (QED) is 0.499. The summed E-state index contributed by atoms with van der Waals surface area (Å²) in [5.41, 5.74) is -2.16. The number of rotatable bonds is 5. The van der Waals surface area contributed by atoms with Crippen LogP contribution in [0.25, 0.3) is 16.6 Å². The number of aryl methyl sites for hydroxylation is 1. The Bertz CT molecular complexity index is 1200. The second-order valence-electron chi connectivity index (χ2n) is 5.99. The van der Waals surface area contributed by atoms with Gasteiger partial charge >= 0.3 is 18.5 Å². The van der Waals surface area contributed by atoms with Gasteiger partial charge in [0.2, 0.25) is 0 Å². The highest BCUT2D eigenvalue weighted by atomic mass is 19.4.